The molecule has 0 aliphatic rings. The van der Waals surface area contributed by atoms with E-state index in [9.17, 15) is 9.59 Å². The summed E-state index contributed by atoms with van der Waals surface area (Å²) in [5.74, 6) is -0.419. The molecule has 4 aromatic rings. The second-order valence-corrected chi connectivity index (χ2v) is 8.46. The average molecular weight is 455 g/mol. The lowest BCUT2D eigenvalue weighted by Crippen LogP contribution is -2.12. The Balaban J connectivity index is 1.34. The Morgan fingerprint density at radius 3 is 1.33 bits per heavy atom. The molecule has 0 atom stereocenters. The van der Waals surface area contributed by atoms with Gasteiger partial charge in [0.1, 0.15) is 0 Å². The summed E-state index contributed by atoms with van der Waals surface area (Å²) in [5.41, 5.74) is 15.0. The number of nitrogens with two attached hydrogens (primary N) is 2. The van der Waals surface area contributed by atoms with Gasteiger partial charge in [-0.15, -0.1) is 0 Å². The van der Waals surface area contributed by atoms with E-state index in [0.29, 0.717) is 33.9 Å². The van der Waals surface area contributed by atoms with Crippen molar-refractivity contribution in [3.63, 3.8) is 0 Å². The molecule has 0 saturated heterocycles. The third kappa shape index (κ3) is 5.93. The van der Waals surface area contributed by atoms with Crippen LogP contribution in [0.4, 0.5) is 22.7 Å². The lowest BCUT2D eigenvalue weighted by atomic mass is 10.2. The van der Waals surface area contributed by atoms with Crippen LogP contribution in [0.2, 0.25) is 0 Å². The number of hydrogen-bond acceptors (Lipinski definition) is 5. The van der Waals surface area contributed by atoms with Gasteiger partial charge in [0.15, 0.2) is 0 Å². The lowest BCUT2D eigenvalue weighted by Gasteiger charge is -2.08. The van der Waals surface area contributed by atoms with Crippen LogP contribution in [0.3, 0.4) is 0 Å². The molecular weight excluding hydrogens is 432 g/mol. The van der Waals surface area contributed by atoms with Crippen molar-refractivity contribution in [1.29, 1.82) is 0 Å². The van der Waals surface area contributed by atoms with Gasteiger partial charge in [-0.05, 0) is 84.9 Å². The van der Waals surface area contributed by atoms with Crippen LogP contribution in [0, 0.1) is 0 Å². The molecule has 7 heteroatoms. The van der Waals surface area contributed by atoms with Crippen LogP contribution in [0.1, 0.15) is 20.7 Å². The average Bonchev–Trinajstić information content (AvgIpc) is 2.81. The van der Waals surface area contributed by atoms with Gasteiger partial charge < -0.3 is 22.1 Å². The molecule has 0 saturated carbocycles. The van der Waals surface area contributed by atoms with Crippen LogP contribution in [-0.4, -0.2) is 11.8 Å². The molecule has 6 N–H and O–H groups in total. The predicted octanol–water partition coefficient (Wildman–Crippen LogP) is 5.51. The van der Waals surface area contributed by atoms with Crippen LogP contribution < -0.4 is 22.1 Å². The first-order valence-corrected chi connectivity index (χ1v) is 11.0. The van der Waals surface area contributed by atoms with Gasteiger partial charge in [0.2, 0.25) is 0 Å². The quantitative estimate of drug-likeness (QED) is 0.287. The van der Waals surface area contributed by atoms with E-state index < -0.39 is 0 Å². The van der Waals surface area contributed by atoms with E-state index >= 15 is 0 Å². The maximum Gasteiger partial charge on any atom is 0.255 e. The van der Waals surface area contributed by atoms with Crippen molar-refractivity contribution >= 4 is 46.3 Å². The smallest absolute Gasteiger partial charge is 0.255 e. The Labute approximate surface area is 196 Å². The second-order valence-electron chi connectivity index (χ2n) is 7.31. The normalized spacial score (nSPS) is 10.4. The van der Waals surface area contributed by atoms with Gasteiger partial charge in [-0.1, -0.05) is 23.9 Å². The van der Waals surface area contributed by atoms with E-state index in [1.807, 2.05) is 48.5 Å². The number of carbonyl (C=O) groups excluding carboxylic acids is 2. The van der Waals surface area contributed by atoms with E-state index in [1.54, 1.807) is 60.3 Å². The minimum absolute atomic E-state index is 0.210. The van der Waals surface area contributed by atoms with E-state index in [2.05, 4.69) is 10.6 Å². The first-order valence-electron chi connectivity index (χ1n) is 10.2. The molecule has 0 fully saturated rings. The summed E-state index contributed by atoms with van der Waals surface area (Å²) in [6.45, 7) is 0. The number of anilines is 4. The van der Waals surface area contributed by atoms with Crippen molar-refractivity contribution < 1.29 is 9.59 Å². The molecule has 0 unspecified atom stereocenters. The highest BCUT2D eigenvalue weighted by molar-refractivity contribution is 7.99. The number of nitrogens with one attached hydrogen (secondary N) is 2. The highest BCUT2D eigenvalue weighted by Crippen LogP contribution is 2.29. The van der Waals surface area contributed by atoms with Crippen LogP contribution in [0.5, 0.6) is 0 Å². The summed E-state index contributed by atoms with van der Waals surface area (Å²) in [6.07, 6.45) is 0. The zero-order chi connectivity index (χ0) is 23.2. The molecule has 0 aliphatic heterocycles. The number of carbonyl (C=O) groups is 2. The zero-order valence-corrected chi connectivity index (χ0v) is 18.4. The van der Waals surface area contributed by atoms with Gasteiger partial charge in [0, 0.05) is 43.7 Å². The monoisotopic (exact) mass is 454 g/mol. The van der Waals surface area contributed by atoms with E-state index in [-0.39, 0.29) is 11.8 Å². The van der Waals surface area contributed by atoms with Crippen molar-refractivity contribution in [2.45, 2.75) is 9.79 Å². The van der Waals surface area contributed by atoms with Crippen molar-refractivity contribution in [3.8, 4) is 0 Å². The van der Waals surface area contributed by atoms with Crippen molar-refractivity contribution in [3.05, 3.63) is 108 Å². The molecule has 0 radical (unpaired) electrons. The molecule has 0 aromatic heterocycles. The Kier molecular flexibility index (Phi) is 6.61. The Bertz CT molecular complexity index is 1190. The van der Waals surface area contributed by atoms with E-state index in [4.69, 9.17) is 11.5 Å². The molecule has 6 nitrogen and oxygen atoms in total. The van der Waals surface area contributed by atoms with E-state index in [0.717, 1.165) is 9.79 Å². The van der Waals surface area contributed by atoms with Crippen molar-refractivity contribution in [1.82, 2.24) is 0 Å². The Morgan fingerprint density at radius 1 is 0.576 bits per heavy atom. The predicted molar refractivity (Wildman–Crippen MR) is 135 cm³/mol. The zero-order valence-electron chi connectivity index (χ0n) is 17.6. The number of benzene rings is 4. The van der Waals surface area contributed by atoms with Crippen LogP contribution in [0.15, 0.2) is 107 Å². The minimum Gasteiger partial charge on any atom is -0.399 e. The molecule has 0 spiro atoms. The molecule has 164 valence electrons. The number of amides is 2. The maximum atomic E-state index is 12.3. The Morgan fingerprint density at radius 2 is 0.970 bits per heavy atom. The summed E-state index contributed by atoms with van der Waals surface area (Å²) >= 11 is 1.58. The summed E-state index contributed by atoms with van der Waals surface area (Å²) in [6, 6.07) is 28.9. The minimum atomic E-state index is -0.210. The van der Waals surface area contributed by atoms with Crippen molar-refractivity contribution in [2.24, 2.45) is 0 Å². The SMILES string of the molecule is Nc1cccc(C(=O)Nc2ccc(Sc3ccc(NC(=O)c4cccc(N)c4)cc3)cc2)c1. The number of rotatable bonds is 6. The van der Waals surface area contributed by atoms with Gasteiger partial charge in [-0.25, -0.2) is 0 Å². The van der Waals surface area contributed by atoms with E-state index in [1.165, 1.54) is 0 Å². The fraction of sp³-hybridized carbons (Fsp3) is 0. The largest absolute Gasteiger partial charge is 0.399 e. The molecule has 4 aromatic carbocycles. The Hall–Kier alpha value is -4.23. The molecule has 0 bridgehead atoms. The van der Waals surface area contributed by atoms with Gasteiger partial charge in [-0.3, -0.25) is 9.59 Å². The molecule has 0 heterocycles. The van der Waals surface area contributed by atoms with Crippen LogP contribution >= 0.6 is 11.8 Å². The van der Waals surface area contributed by atoms with Crippen LogP contribution in [0.25, 0.3) is 0 Å². The highest BCUT2D eigenvalue weighted by Gasteiger charge is 2.08. The fourth-order valence-electron chi connectivity index (χ4n) is 3.12. The van der Waals surface area contributed by atoms with Gasteiger partial charge in [0.25, 0.3) is 11.8 Å². The van der Waals surface area contributed by atoms with Crippen molar-refractivity contribution in [2.75, 3.05) is 22.1 Å². The van der Waals surface area contributed by atoms with Gasteiger partial charge in [0.05, 0.1) is 0 Å². The first-order chi connectivity index (χ1) is 16.0. The second kappa shape index (κ2) is 9.93. The molecular formula is C26H22N4O2S. The third-order valence-corrected chi connectivity index (χ3v) is 5.77. The fourth-order valence-corrected chi connectivity index (χ4v) is 3.93. The standard InChI is InChI=1S/C26H22N4O2S/c27-19-5-1-3-17(15-19)25(31)29-21-7-11-23(12-8-21)33-24-13-9-22(10-14-24)30-26(32)18-4-2-6-20(28)16-18/h1-16H,27-28H2,(H,29,31)(H,30,32). The highest BCUT2D eigenvalue weighted by atomic mass is 32.2. The maximum absolute atomic E-state index is 12.3. The number of nitrogen functional groups attached to an aromatic ring is 2. The first kappa shape index (κ1) is 22.0. The molecule has 33 heavy (non-hydrogen) atoms. The third-order valence-electron chi connectivity index (χ3n) is 4.76. The molecule has 4 rings (SSSR count). The summed E-state index contributed by atoms with van der Waals surface area (Å²) < 4.78 is 0. The van der Waals surface area contributed by atoms with Gasteiger partial charge in [-0.2, -0.15) is 0 Å². The number of hydrogen-bond donors (Lipinski definition) is 4. The lowest BCUT2D eigenvalue weighted by molar-refractivity contribution is 0.101. The summed E-state index contributed by atoms with van der Waals surface area (Å²) in [7, 11) is 0. The summed E-state index contributed by atoms with van der Waals surface area (Å²) in [5, 5.41) is 5.73. The summed E-state index contributed by atoms with van der Waals surface area (Å²) in [4.78, 5) is 26.7. The molecule has 2 amide bonds. The topological polar surface area (TPSA) is 110 Å². The van der Waals surface area contributed by atoms with Crippen LogP contribution in [-0.2, 0) is 0 Å². The molecule has 0 aliphatic carbocycles. The van der Waals surface area contributed by atoms with Gasteiger partial charge >= 0.3 is 0 Å².